The lowest BCUT2D eigenvalue weighted by atomic mass is 9.73. The SMILES string of the molecule is CCOC1CC(O)(c2cc(F)ccc2Cl)C1. The molecule has 0 heterocycles. The number of hydrogen-bond acceptors (Lipinski definition) is 2. The van der Waals surface area contributed by atoms with E-state index in [-0.39, 0.29) is 11.9 Å². The molecule has 1 aromatic rings. The second kappa shape index (κ2) is 4.32. The van der Waals surface area contributed by atoms with E-state index in [4.69, 9.17) is 16.3 Å². The summed E-state index contributed by atoms with van der Waals surface area (Å²) in [5.74, 6) is -0.382. The summed E-state index contributed by atoms with van der Waals surface area (Å²) >= 11 is 5.95. The molecule has 1 aromatic carbocycles. The third-order valence-corrected chi connectivity index (χ3v) is 3.29. The molecule has 1 N–H and O–H groups in total. The molecule has 1 saturated carbocycles. The molecule has 0 saturated heterocycles. The zero-order valence-electron chi connectivity index (χ0n) is 9.04. The van der Waals surface area contributed by atoms with Crippen LogP contribution in [0.15, 0.2) is 18.2 Å². The molecule has 1 fully saturated rings. The van der Waals surface area contributed by atoms with Gasteiger partial charge in [-0.05, 0) is 25.1 Å². The van der Waals surface area contributed by atoms with Gasteiger partial charge in [0.2, 0.25) is 0 Å². The van der Waals surface area contributed by atoms with E-state index >= 15 is 0 Å². The number of ether oxygens (including phenoxy) is 1. The van der Waals surface area contributed by atoms with Crippen LogP contribution in [0.2, 0.25) is 5.02 Å². The normalized spacial score (nSPS) is 28.9. The van der Waals surface area contributed by atoms with Crippen molar-refractivity contribution in [2.24, 2.45) is 0 Å². The third kappa shape index (κ3) is 2.08. The quantitative estimate of drug-likeness (QED) is 0.886. The lowest BCUT2D eigenvalue weighted by Gasteiger charge is -2.43. The summed E-state index contributed by atoms with van der Waals surface area (Å²) in [6.45, 7) is 2.53. The molecule has 0 radical (unpaired) electrons. The van der Waals surface area contributed by atoms with Gasteiger partial charge in [0.1, 0.15) is 5.82 Å². The highest BCUT2D eigenvalue weighted by Gasteiger charge is 2.45. The molecule has 0 aliphatic heterocycles. The van der Waals surface area contributed by atoms with Crippen LogP contribution in [-0.2, 0) is 10.3 Å². The van der Waals surface area contributed by atoms with Crippen molar-refractivity contribution in [3.63, 3.8) is 0 Å². The Morgan fingerprint density at radius 1 is 1.56 bits per heavy atom. The van der Waals surface area contributed by atoms with E-state index in [1.54, 1.807) is 0 Å². The number of benzene rings is 1. The van der Waals surface area contributed by atoms with Crippen LogP contribution in [0, 0.1) is 5.82 Å². The van der Waals surface area contributed by atoms with Crippen LogP contribution in [0.1, 0.15) is 25.3 Å². The predicted molar refractivity (Wildman–Crippen MR) is 60.0 cm³/mol. The van der Waals surface area contributed by atoms with E-state index in [1.807, 2.05) is 6.92 Å². The van der Waals surface area contributed by atoms with Crippen molar-refractivity contribution in [3.05, 3.63) is 34.6 Å². The molecule has 0 bridgehead atoms. The molecule has 1 aliphatic carbocycles. The molecule has 0 amide bonds. The fourth-order valence-corrected chi connectivity index (χ4v) is 2.41. The van der Waals surface area contributed by atoms with Crippen LogP contribution in [0.25, 0.3) is 0 Å². The first-order valence-electron chi connectivity index (χ1n) is 5.34. The summed E-state index contributed by atoms with van der Waals surface area (Å²) in [5, 5.41) is 10.7. The van der Waals surface area contributed by atoms with Gasteiger partial charge in [0.05, 0.1) is 11.7 Å². The minimum absolute atomic E-state index is 0.0503. The summed E-state index contributed by atoms with van der Waals surface area (Å²) in [4.78, 5) is 0. The monoisotopic (exact) mass is 244 g/mol. The Hall–Kier alpha value is -0.640. The van der Waals surface area contributed by atoms with Gasteiger partial charge in [-0.2, -0.15) is 0 Å². The van der Waals surface area contributed by atoms with E-state index in [9.17, 15) is 9.50 Å². The number of aliphatic hydroxyl groups is 1. The fourth-order valence-electron chi connectivity index (χ4n) is 2.12. The van der Waals surface area contributed by atoms with Crippen molar-refractivity contribution in [2.45, 2.75) is 31.5 Å². The van der Waals surface area contributed by atoms with Gasteiger partial charge in [0.15, 0.2) is 0 Å². The average Bonchev–Trinajstić information content (AvgIpc) is 2.19. The van der Waals surface area contributed by atoms with Gasteiger partial charge < -0.3 is 9.84 Å². The molecule has 1 aliphatic rings. The smallest absolute Gasteiger partial charge is 0.123 e. The second-order valence-corrected chi connectivity index (χ2v) is 4.55. The Kier molecular flexibility index (Phi) is 3.19. The van der Waals surface area contributed by atoms with Gasteiger partial charge in [-0.25, -0.2) is 4.39 Å². The Morgan fingerprint density at radius 2 is 2.25 bits per heavy atom. The standard InChI is InChI=1S/C12H14ClFO2/c1-2-16-9-6-12(15,7-9)10-5-8(14)3-4-11(10)13/h3-5,9,15H,2,6-7H2,1H3. The predicted octanol–water partition coefficient (Wildman–Crippen LogP) is 2.87. The Bertz CT molecular complexity index is 389. The van der Waals surface area contributed by atoms with Gasteiger partial charge in [0, 0.05) is 30.0 Å². The number of halogens is 2. The van der Waals surface area contributed by atoms with E-state index < -0.39 is 5.60 Å². The minimum Gasteiger partial charge on any atom is -0.385 e. The van der Waals surface area contributed by atoms with E-state index in [2.05, 4.69) is 0 Å². The first-order chi connectivity index (χ1) is 7.55. The van der Waals surface area contributed by atoms with Crippen molar-refractivity contribution >= 4 is 11.6 Å². The average molecular weight is 245 g/mol. The van der Waals surface area contributed by atoms with Crippen molar-refractivity contribution in [2.75, 3.05) is 6.61 Å². The molecule has 0 aromatic heterocycles. The Labute approximate surface area is 99.0 Å². The fraction of sp³-hybridized carbons (Fsp3) is 0.500. The van der Waals surface area contributed by atoms with Gasteiger partial charge in [0.25, 0.3) is 0 Å². The van der Waals surface area contributed by atoms with E-state index in [0.29, 0.717) is 30.0 Å². The Balaban J connectivity index is 2.16. The molecule has 2 nitrogen and oxygen atoms in total. The van der Waals surface area contributed by atoms with Crippen LogP contribution >= 0.6 is 11.6 Å². The molecule has 2 rings (SSSR count). The lowest BCUT2D eigenvalue weighted by molar-refractivity contribution is -0.142. The Morgan fingerprint density at radius 3 is 2.88 bits per heavy atom. The topological polar surface area (TPSA) is 29.5 Å². The molecule has 0 unspecified atom stereocenters. The molecule has 16 heavy (non-hydrogen) atoms. The molecular formula is C12H14ClFO2. The molecule has 4 heteroatoms. The van der Waals surface area contributed by atoms with Crippen molar-refractivity contribution < 1.29 is 14.2 Å². The van der Waals surface area contributed by atoms with Crippen molar-refractivity contribution in [3.8, 4) is 0 Å². The van der Waals surface area contributed by atoms with E-state index in [1.165, 1.54) is 18.2 Å². The summed E-state index contributed by atoms with van der Waals surface area (Å²) in [6, 6.07) is 4.05. The van der Waals surface area contributed by atoms with Gasteiger partial charge >= 0.3 is 0 Å². The van der Waals surface area contributed by atoms with Crippen LogP contribution in [0.4, 0.5) is 4.39 Å². The first-order valence-corrected chi connectivity index (χ1v) is 5.72. The zero-order chi connectivity index (χ0) is 11.8. The third-order valence-electron chi connectivity index (χ3n) is 2.96. The number of rotatable bonds is 3. The zero-order valence-corrected chi connectivity index (χ0v) is 9.80. The molecule has 0 spiro atoms. The number of hydrogen-bond donors (Lipinski definition) is 1. The molecule has 0 atom stereocenters. The van der Waals surface area contributed by atoms with Crippen molar-refractivity contribution in [1.82, 2.24) is 0 Å². The highest BCUT2D eigenvalue weighted by Crippen LogP contribution is 2.45. The summed E-state index contributed by atoms with van der Waals surface area (Å²) in [7, 11) is 0. The van der Waals surface area contributed by atoms with Gasteiger partial charge in [-0.15, -0.1) is 0 Å². The van der Waals surface area contributed by atoms with Crippen LogP contribution in [0.5, 0.6) is 0 Å². The second-order valence-electron chi connectivity index (χ2n) is 4.14. The molecular weight excluding hydrogens is 231 g/mol. The highest BCUT2D eigenvalue weighted by atomic mass is 35.5. The van der Waals surface area contributed by atoms with Gasteiger partial charge in [-0.1, -0.05) is 11.6 Å². The highest BCUT2D eigenvalue weighted by molar-refractivity contribution is 6.31. The first kappa shape index (κ1) is 11.8. The van der Waals surface area contributed by atoms with Crippen LogP contribution in [0.3, 0.4) is 0 Å². The summed E-state index contributed by atoms with van der Waals surface area (Å²) in [5.41, 5.74) is -0.566. The summed E-state index contributed by atoms with van der Waals surface area (Å²) in [6.07, 6.45) is 1.00. The van der Waals surface area contributed by atoms with E-state index in [0.717, 1.165) is 0 Å². The maximum Gasteiger partial charge on any atom is 0.123 e. The molecule has 88 valence electrons. The van der Waals surface area contributed by atoms with Gasteiger partial charge in [-0.3, -0.25) is 0 Å². The lowest BCUT2D eigenvalue weighted by Crippen LogP contribution is -2.46. The van der Waals surface area contributed by atoms with Crippen LogP contribution < -0.4 is 0 Å². The maximum atomic E-state index is 13.1. The van der Waals surface area contributed by atoms with Crippen LogP contribution in [-0.4, -0.2) is 17.8 Å². The summed E-state index contributed by atoms with van der Waals surface area (Å²) < 4.78 is 18.5. The maximum absolute atomic E-state index is 13.1. The minimum atomic E-state index is -1.03. The largest absolute Gasteiger partial charge is 0.385 e. The van der Waals surface area contributed by atoms with Crippen molar-refractivity contribution in [1.29, 1.82) is 0 Å².